The molecular weight excluding hydrogens is 302 g/mol. The molecule has 0 radical (unpaired) electrons. The van der Waals surface area contributed by atoms with Crippen molar-refractivity contribution in [3.63, 3.8) is 0 Å². The number of furan rings is 1. The molecule has 2 rings (SSSR count). The van der Waals surface area contributed by atoms with Gasteiger partial charge in [-0.15, -0.1) is 0 Å². The molecule has 1 unspecified atom stereocenters. The third-order valence-corrected chi connectivity index (χ3v) is 3.62. The Kier molecular flexibility index (Phi) is 7.05. The molecule has 0 spiro atoms. The fourth-order valence-electron chi connectivity index (χ4n) is 2.27. The van der Waals surface area contributed by atoms with Gasteiger partial charge in [-0.1, -0.05) is 0 Å². The highest BCUT2D eigenvalue weighted by atomic mass is 16.5. The molecule has 2 amide bonds. The number of hydrogen-bond donors (Lipinski definition) is 2. The van der Waals surface area contributed by atoms with Crippen LogP contribution in [0.15, 0.2) is 22.8 Å². The monoisotopic (exact) mass is 325 g/mol. The highest BCUT2D eigenvalue weighted by molar-refractivity contribution is 6.35. The van der Waals surface area contributed by atoms with Crippen molar-refractivity contribution >= 4 is 11.8 Å². The van der Waals surface area contributed by atoms with E-state index in [0.29, 0.717) is 32.1 Å². The summed E-state index contributed by atoms with van der Waals surface area (Å²) in [5.74, 6) is -0.728. The first-order chi connectivity index (χ1) is 11.2. The fraction of sp³-hybridized carbons (Fsp3) is 0.600. The molecule has 2 N–H and O–H groups in total. The molecule has 128 valence electrons. The summed E-state index contributed by atoms with van der Waals surface area (Å²) in [4.78, 5) is 25.7. The van der Waals surface area contributed by atoms with Crippen LogP contribution in [0.5, 0.6) is 0 Å². The predicted molar refractivity (Wildman–Crippen MR) is 81.7 cm³/mol. The van der Waals surface area contributed by atoms with E-state index < -0.39 is 17.9 Å². The van der Waals surface area contributed by atoms with Crippen LogP contribution in [-0.4, -0.2) is 69.8 Å². The average Bonchev–Trinajstić information content (AvgIpc) is 3.10. The summed E-state index contributed by atoms with van der Waals surface area (Å²) in [6.07, 6.45) is 1.11. The smallest absolute Gasteiger partial charge is 0.309 e. The zero-order chi connectivity index (χ0) is 16.5. The number of methoxy groups -OCH3 is 1. The van der Waals surface area contributed by atoms with Gasteiger partial charge in [0.05, 0.1) is 26.0 Å². The van der Waals surface area contributed by atoms with Gasteiger partial charge in [-0.05, 0) is 12.1 Å². The number of carbonyl (C=O) groups is 2. The van der Waals surface area contributed by atoms with Crippen LogP contribution >= 0.6 is 0 Å². The first-order valence-electron chi connectivity index (χ1n) is 7.63. The molecule has 2 heterocycles. The van der Waals surface area contributed by atoms with Crippen molar-refractivity contribution in [2.24, 2.45) is 0 Å². The number of amides is 2. The first-order valence-corrected chi connectivity index (χ1v) is 7.63. The van der Waals surface area contributed by atoms with Gasteiger partial charge in [-0.25, -0.2) is 0 Å². The van der Waals surface area contributed by atoms with E-state index in [-0.39, 0.29) is 6.54 Å². The summed E-state index contributed by atoms with van der Waals surface area (Å²) in [5, 5.41) is 5.15. The van der Waals surface area contributed by atoms with Crippen LogP contribution in [0, 0.1) is 0 Å². The molecule has 1 aromatic heterocycles. The largest absolute Gasteiger partial charge is 0.467 e. The number of morpholine rings is 1. The minimum absolute atomic E-state index is 0.166. The molecule has 8 nitrogen and oxygen atoms in total. The molecule has 1 fully saturated rings. The lowest BCUT2D eigenvalue weighted by Gasteiger charge is -2.26. The highest BCUT2D eigenvalue weighted by Crippen LogP contribution is 2.15. The third-order valence-electron chi connectivity index (χ3n) is 3.62. The van der Waals surface area contributed by atoms with Crippen LogP contribution in [0.3, 0.4) is 0 Å². The Labute approximate surface area is 135 Å². The normalized spacial score (nSPS) is 16.7. The van der Waals surface area contributed by atoms with Gasteiger partial charge in [0.2, 0.25) is 0 Å². The molecule has 1 aliphatic rings. The molecule has 1 saturated heterocycles. The van der Waals surface area contributed by atoms with Crippen molar-refractivity contribution in [3.05, 3.63) is 24.2 Å². The number of hydrogen-bond acceptors (Lipinski definition) is 6. The quantitative estimate of drug-likeness (QED) is 0.659. The first kappa shape index (κ1) is 17.5. The molecule has 0 saturated carbocycles. The van der Waals surface area contributed by atoms with Crippen LogP contribution in [-0.2, 0) is 19.1 Å². The molecule has 0 bridgehead atoms. The van der Waals surface area contributed by atoms with E-state index in [1.807, 2.05) is 0 Å². The van der Waals surface area contributed by atoms with Gasteiger partial charge in [0.1, 0.15) is 11.9 Å². The van der Waals surface area contributed by atoms with Crippen molar-refractivity contribution in [2.45, 2.75) is 6.10 Å². The van der Waals surface area contributed by atoms with Crippen molar-refractivity contribution in [3.8, 4) is 0 Å². The standard InChI is InChI=1S/C15H23N3O5/c1-21-13(12-3-2-8-23-12)11-17-15(20)14(19)16-4-5-18-6-9-22-10-7-18/h2-3,8,13H,4-7,9-11H2,1H3,(H,16,19)(H,17,20). The Balaban J connectivity index is 1.65. The van der Waals surface area contributed by atoms with E-state index in [0.717, 1.165) is 13.1 Å². The van der Waals surface area contributed by atoms with Crippen LogP contribution in [0.2, 0.25) is 0 Å². The average molecular weight is 325 g/mol. The zero-order valence-corrected chi connectivity index (χ0v) is 13.2. The second-order valence-electron chi connectivity index (χ2n) is 5.16. The second kappa shape index (κ2) is 9.29. The number of rotatable bonds is 7. The van der Waals surface area contributed by atoms with Gasteiger partial charge in [-0.3, -0.25) is 14.5 Å². The summed E-state index contributed by atoms with van der Waals surface area (Å²) in [7, 11) is 1.52. The van der Waals surface area contributed by atoms with Crippen molar-refractivity contribution in [1.82, 2.24) is 15.5 Å². The number of ether oxygens (including phenoxy) is 2. The van der Waals surface area contributed by atoms with Gasteiger partial charge in [-0.2, -0.15) is 0 Å². The number of carbonyl (C=O) groups excluding carboxylic acids is 2. The van der Waals surface area contributed by atoms with E-state index in [1.165, 1.54) is 13.4 Å². The minimum Gasteiger partial charge on any atom is -0.467 e. The fourth-order valence-corrected chi connectivity index (χ4v) is 2.27. The topological polar surface area (TPSA) is 93.0 Å². The van der Waals surface area contributed by atoms with E-state index in [1.54, 1.807) is 12.1 Å². The lowest BCUT2D eigenvalue weighted by atomic mass is 10.2. The molecule has 8 heteroatoms. The zero-order valence-electron chi connectivity index (χ0n) is 13.2. The molecule has 0 aliphatic carbocycles. The predicted octanol–water partition coefficient (Wildman–Crippen LogP) is -0.468. The van der Waals surface area contributed by atoms with Gasteiger partial charge >= 0.3 is 11.8 Å². The Morgan fingerprint density at radius 1 is 1.30 bits per heavy atom. The summed E-state index contributed by atoms with van der Waals surface area (Å²) in [5.41, 5.74) is 0. The van der Waals surface area contributed by atoms with Crippen LogP contribution in [0.1, 0.15) is 11.9 Å². The van der Waals surface area contributed by atoms with Crippen molar-refractivity contribution in [1.29, 1.82) is 0 Å². The van der Waals surface area contributed by atoms with E-state index in [2.05, 4.69) is 15.5 Å². The molecule has 1 atom stereocenters. The van der Waals surface area contributed by atoms with E-state index in [9.17, 15) is 9.59 Å². The Bertz CT molecular complexity index is 485. The van der Waals surface area contributed by atoms with Gasteiger partial charge in [0.15, 0.2) is 0 Å². The van der Waals surface area contributed by atoms with Crippen molar-refractivity contribution in [2.75, 3.05) is 53.0 Å². The molecule has 1 aliphatic heterocycles. The van der Waals surface area contributed by atoms with Gasteiger partial charge < -0.3 is 24.5 Å². The van der Waals surface area contributed by atoms with Crippen molar-refractivity contribution < 1.29 is 23.5 Å². The maximum atomic E-state index is 11.8. The summed E-state index contributed by atoms with van der Waals surface area (Å²) >= 11 is 0. The van der Waals surface area contributed by atoms with Crippen LogP contribution in [0.4, 0.5) is 0 Å². The summed E-state index contributed by atoms with van der Waals surface area (Å²) in [6.45, 7) is 4.41. The van der Waals surface area contributed by atoms with E-state index in [4.69, 9.17) is 13.9 Å². The van der Waals surface area contributed by atoms with Gasteiger partial charge in [0.25, 0.3) is 0 Å². The molecule has 0 aromatic carbocycles. The number of nitrogens with zero attached hydrogens (tertiary/aromatic N) is 1. The Morgan fingerprint density at radius 3 is 2.70 bits per heavy atom. The third kappa shape index (κ3) is 5.66. The maximum Gasteiger partial charge on any atom is 0.309 e. The SMILES string of the molecule is COC(CNC(=O)C(=O)NCCN1CCOCC1)c1ccco1. The Morgan fingerprint density at radius 2 is 2.04 bits per heavy atom. The molecular formula is C15H23N3O5. The second-order valence-corrected chi connectivity index (χ2v) is 5.16. The summed E-state index contributed by atoms with van der Waals surface area (Å²) in [6, 6.07) is 3.49. The van der Waals surface area contributed by atoms with Crippen LogP contribution in [0.25, 0.3) is 0 Å². The summed E-state index contributed by atoms with van der Waals surface area (Å²) < 4.78 is 15.7. The van der Waals surface area contributed by atoms with Crippen LogP contribution < -0.4 is 10.6 Å². The lowest BCUT2D eigenvalue weighted by molar-refractivity contribution is -0.139. The molecule has 1 aromatic rings. The van der Waals surface area contributed by atoms with E-state index >= 15 is 0 Å². The number of nitrogens with one attached hydrogen (secondary N) is 2. The van der Waals surface area contributed by atoms with Gasteiger partial charge in [0, 0.05) is 33.3 Å². The highest BCUT2D eigenvalue weighted by Gasteiger charge is 2.18. The minimum atomic E-state index is -0.680. The maximum absolute atomic E-state index is 11.8. The molecule has 23 heavy (non-hydrogen) atoms. The lowest BCUT2D eigenvalue weighted by Crippen LogP contribution is -2.45. The Hall–Kier alpha value is -1.90.